The van der Waals surface area contributed by atoms with E-state index >= 15 is 0 Å². The number of amides is 1. The van der Waals surface area contributed by atoms with Gasteiger partial charge < -0.3 is 9.88 Å². The molecule has 0 saturated carbocycles. The van der Waals surface area contributed by atoms with Crippen molar-refractivity contribution in [3.8, 4) is 11.4 Å². The van der Waals surface area contributed by atoms with Crippen LogP contribution in [0.3, 0.4) is 0 Å². The average molecular weight is 396 g/mol. The first-order valence-electron chi connectivity index (χ1n) is 9.56. The Bertz CT molecular complexity index is 893. The molecule has 0 aliphatic heterocycles. The molecule has 1 N–H and O–H groups in total. The Labute approximate surface area is 169 Å². The zero-order valence-corrected chi connectivity index (χ0v) is 17.1. The van der Waals surface area contributed by atoms with Gasteiger partial charge in [0, 0.05) is 30.2 Å². The van der Waals surface area contributed by atoms with Crippen molar-refractivity contribution in [2.24, 2.45) is 0 Å². The minimum absolute atomic E-state index is 0.0533. The molecule has 0 saturated heterocycles. The Morgan fingerprint density at radius 2 is 1.82 bits per heavy atom. The molecule has 2 aromatic heterocycles. The highest BCUT2D eigenvalue weighted by Gasteiger charge is 2.14. The Balaban J connectivity index is 1.58. The monoisotopic (exact) mass is 395 g/mol. The first-order chi connectivity index (χ1) is 13.7. The smallest absolute Gasteiger partial charge is 0.234 e. The number of rotatable bonds is 9. The summed E-state index contributed by atoms with van der Waals surface area (Å²) in [7, 11) is 0. The van der Waals surface area contributed by atoms with Gasteiger partial charge >= 0.3 is 0 Å². The van der Waals surface area contributed by atoms with Gasteiger partial charge in [-0.05, 0) is 49.6 Å². The molecule has 146 valence electrons. The molecule has 0 radical (unpaired) electrons. The summed E-state index contributed by atoms with van der Waals surface area (Å²) in [5.74, 6) is 1.02. The first kappa shape index (κ1) is 20.1. The van der Waals surface area contributed by atoms with E-state index in [1.165, 1.54) is 30.2 Å². The Kier molecular flexibility index (Phi) is 7.19. The van der Waals surface area contributed by atoms with Gasteiger partial charge in [0.05, 0.1) is 5.75 Å². The third-order valence-electron chi connectivity index (χ3n) is 4.36. The van der Waals surface area contributed by atoms with E-state index in [0.717, 1.165) is 35.2 Å². The lowest BCUT2D eigenvalue weighted by atomic mass is 10.1. The highest BCUT2D eigenvalue weighted by Crippen LogP contribution is 2.23. The molecule has 3 rings (SSSR count). The van der Waals surface area contributed by atoms with Gasteiger partial charge in [0.25, 0.3) is 0 Å². The van der Waals surface area contributed by atoms with Crippen molar-refractivity contribution in [2.45, 2.75) is 44.8 Å². The number of nitrogens with one attached hydrogen (secondary N) is 1. The number of aryl methyl sites for hydroxylation is 1. The standard InChI is InChI=1S/C21H25N5OS/c1-3-5-6-16-7-9-18(10-8-16)23-19(27)15-28-21-25-24-20(26(21)4-2)17-11-13-22-14-12-17/h7-14H,3-6,15H2,1-2H3,(H,23,27). The molecule has 1 aromatic carbocycles. The molecule has 3 aromatic rings. The molecule has 0 fully saturated rings. The number of carbonyl (C=O) groups excluding carboxylic acids is 1. The predicted molar refractivity (Wildman–Crippen MR) is 113 cm³/mol. The third kappa shape index (κ3) is 5.19. The van der Waals surface area contributed by atoms with Gasteiger partial charge in [0.1, 0.15) is 0 Å². The van der Waals surface area contributed by atoms with Gasteiger partial charge in [-0.25, -0.2) is 0 Å². The van der Waals surface area contributed by atoms with Crippen LogP contribution in [-0.4, -0.2) is 31.4 Å². The van der Waals surface area contributed by atoms with E-state index < -0.39 is 0 Å². The van der Waals surface area contributed by atoms with Crippen LogP contribution in [0, 0.1) is 0 Å². The zero-order valence-electron chi connectivity index (χ0n) is 16.3. The van der Waals surface area contributed by atoms with Crippen LogP contribution < -0.4 is 5.32 Å². The van der Waals surface area contributed by atoms with Crippen LogP contribution in [0.2, 0.25) is 0 Å². The van der Waals surface area contributed by atoms with Gasteiger partial charge in [-0.2, -0.15) is 0 Å². The molecule has 28 heavy (non-hydrogen) atoms. The maximum atomic E-state index is 12.3. The minimum Gasteiger partial charge on any atom is -0.325 e. The van der Waals surface area contributed by atoms with Crippen LogP contribution in [0.1, 0.15) is 32.3 Å². The number of pyridine rings is 1. The fraction of sp³-hybridized carbons (Fsp3) is 0.333. The number of hydrogen-bond donors (Lipinski definition) is 1. The number of aromatic nitrogens is 4. The molecular formula is C21H25N5OS. The summed E-state index contributed by atoms with van der Waals surface area (Å²) >= 11 is 1.39. The average Bonchev–Trinajstić information content (AvgIpc) is 3.15. The topological polar surface area (TPSA) is 72.7 Å². The Hall–Kier alpha value is -2.67. The van der Waals surface area contributed by atoms with Crippen molar-refractivity contribution in [1.82, 2.24) is 19.7 Å². The lowest BCUT2D eigenvalue weighted by molar-refractivity contribution is -0.113. The normalized spacial score (nSPS) is 10.8. The van der Waals surface area contributed by atoms with E-state index in [-0.39, 0.29) is 11.7 Å². The second-order valence-electron chi connectivity index (χ2n) is 6.42. The fourth-order valence-electron chi connectivity index (χ4n) is 2.86. The van der Waals surface area contributed by atoms with Crippen LogP contribution in [0.5, 0.6) is 0 Å². The van der Waals surface area contributed by atoms with Crippen LogP contribution in [0.25, 0.3) is 11.4 Å². The molecule has 0 aliphatic carbocycles. The first-order valence-corrected chi connectivity index (χ1v) is 10.5. The lowest BCUT2D eigenvalue weighted by Gasteiger charge is -2.08. The van der Waals surface area contributed by atoms with Gasteiger partial charge in [0.2, 0.25) is 5.91 Å². The molecular weight excluding hydrogens is 370 g/mol. The maximum Gasteiger partial charge on any atom is 0.234 e. The van der Waals surface area contributed by atoms with Crippen molar-refractivity contribution in [3.63, 3.8) is 0 Å². The Morgan fingerprint density at radius 3 is 2.50 bits per heavy atom. The predicted octanol–water partition coefficient (Wildman–Crippen LogP) is 4.43. The molecule has 1 amide bonds. The number of thioether (sulfide) groups is 1. The van der Waals surface area contributed by atoms with Crippen molar-refractivity contribution in [3.05, 3.63) is 54.4 Å². The van der Waals surface area contributed by atoms with Gasteiger partial charge in [-0.1, -0.05) is 37.2 Å². The van der Waals surface area contributed by atoms with E-state index in [9.17, 15) is 4.79 Å². The van der Waals surface area contributed by atoms with Crippen molar-refractivity contribution >= 4 is 23.4 Å². The molecule has 0 spiro atoms. The zero-order chi connectivity index (χ0) is 19.8. The van der Waals surface area contributed by atoms with E-state index in [0.29, 0.717) is 0 Å². The second kappa shape index (κ2) is 10.0. The van der Waals surface area contributed by atoms with Crippen molar-refractivity contribution in [1.29, 1.82) is 0 Å². The van der Waals surface area contributed by atoms with E-state index in [1.807, 2.05) is 35.8 Å². The summed E-state index contributed by atoms with van der Waals surface area (Å²) in [5.41, 5.74) is 3.08. The third-order valence-corrected chi connectivity index (χ3v) is 5.33. The van der Waals surface area contributed by atoms with Crippen LogP contribution in [0.4, 0.5) is 5.69 Å². The van der Waals surface area contributed by atoms with E-state index in [2.05, 4.69) is 39.6 Å². The summed E-state index contributed by atoms with van der Waals surface area (Å²) in [6.45, 7) is 4.96. The lowest BCUT2D eigenvalue weighted by Crippen LogP contribution is -2.14. The molecule has 6 nitrogen and oxygen atoms in total. The fourth-order valence-corrected chi connectivity index (χ4v) is 3.66. The summed E-state index contributed by atoms with van der Waals surface area (Å²) < 4.78 is 2.01. The highest BCUT2D eigenvalue weighted by molar-refractivity contribution is 7.99. The Morgan fingerprint density at radius 1 is 1.07 bits per heavy atom. The van der Waals surface area contributed by atoms with Gasteiger partial charge in [-0.15, -0.1) is 10.2 Å². The summed E-state index contributed by atoms with van der Waals surface area (Å²) in [5, 5.41) is 12.2. The van der Waals surface area contributed by atoms with Gasteiger partial charge in [-0.3, -0.25) is 9.78 Å². The summed E-state index contributed by atoms with van der Waals surface area (Å²) in [4.78, 5) is 16.4. The molecule has 0 aliphatic rings. The van der Waals surface area contributed by atoms with Crippen LogP contribution in [-0.2, 0) is 17.8 Å². The number of hydrogen-bond acceptors (Lipinski definition) is 5. The number of anilines is 1. The molecule has 0 unspecified atom stereocenters. The second-order valence-corrected chi connectivity index (χ2v) is 7.37. The van der Waals surface area contributed by atoms with E-state index in [4.69, 9.17) is 0 Å². The number of nitrogens with zero attached hydrogens (tertiary/aromatic N) is 4. The van der Waals surface area contributed by atoms with E-state index in [1.54, 1.807) is 12.4 Å². The summed E-state index contributed by atoms with van der Waals surface area (Å²) in [6.07, 6.45) is 6.91. The summed E-state index contributed by atoms with van der Waals surface area (Å²) in [6, 6.07) is 11.9. The molecule has 7 heteroatoms. The molecule has 0 atom stereocenters. The highest BCUT2D eigenvalue weighted by atomic mass is 32.2. The number of benzene rings is 1. The largest absolute Gasteiger partial charge is 0.325 e. The van der Waals surface area contributed by atoms with Crippen molar-refractivity contribution < 1.29 is 4.79 Å². The minimum atomic E-state index is -0.0533. The number of unbranched alkanes of at least 4 members (excludes halogenated alkanes) is 1. The SMILES string of the molecule is CCCCc1ccc(NC(=O)CSc2nnc(-c3ccncc3)n2CC)cc1. The molecule has 0 bridgehead atoms. The van der Waals surface area contributed by atoms with Gasteiger partial charge in [0.15, 0.2) is 11.0 Å². The quantitative estimate of drug-likeness (QED) is 0.543. The maximum absolute atomic E-state index is 12.3. The van der Waals surface area contributed by atoms with Crippen molar-refractivity contribution in [2.75, 3.05) is 11.1 Å². The van der Waals surface area contributed by atoms with Crippen LogP contribution in [0.15, 0.2) is 53.9 Å². The number of carbonyl (C=O) groups is 1. The van der Waals surface area contributed by atoms with Crippen LogP contribution >= 0.6 is 11.8 Å². The molecule has 2 heterocycles.